The van der Waals surface area contributed by atoms with Gasteiger partial charge in [-0.1, -0.05) is 25.5 Å². The molecular weight excluding hydrogens is 490 g/mol. The second kappa shape index (κ2) is 13.4. The molecule has 0 aromatic heterocycles. The number of fused-ring (bicyclic) bond motifs is 1. The highest BCUT2D eigenvalue weighted by atomic mass is 16.6. The number of likely N-dealkylation sites (tertiary alicyclic amines) is 1. The molecule has 3 heterocycles. The fraction of sp³-hybridized carbons (Fsp3) is 0.714. The average molecular weight is 534 g/mol. The first-order valence-corrected chi connectivity index (χ1v) is 13.8. The molecule has 3 fully saturated rings. The summed E-state index contributed by atoms with van der Waals surface area (Å²) in [5.74, 6) is -2.88. The fourth-order valence-corrected chi connectivity index (χ4v) is 6.05. The van der Waals surface area contributed by atoms with E-state index >= 15 is 0 Å². The number of aliphatic hydroxyl groups is 1. The van der Waals surface area contributed by atoms with Gasteiger partial charge in [-0.3, -0.25) is 19.2 Å². The molecule has 38 heavy (non-hydrogen) atoms. The van der Waals surface area contributed by atoms with Crippen molar-refractivity contribution in [2.24, 2.45) is 11.8 Å². The van der Waals surface area contributed by atoms with Gasteiger partial charge < -0.3 is 29.7 Å². The third-order valence-corrected chi connectivity index (χ3v) is 7.79. The van der Waals surface area contributed by atoms with Crippen molar-refractivity contribution in [2.75, 3.05) is 32.8 Å². The van der Waals surface area contributed by atoms with Gasteiger partial charge in [-0.15, -0.1) is 13.2 Å². The molecule has 0 aliphatic carbocycles. The minimum absolute atomic E-state index is 0.125. The van der Waals surface area contributed by atoms with Gasteiger partial charge in [-0.2, -0.15) is 0 Å². The van der Waals surface area contributed by atoms with E-state index in [1.165, 1.54) is 4.90 Å². The first kappa shape index (κ1) is 29.8. The monoisotopic (exact) mass is 533 g/mol. The molecule has 3 saturated heterocycles. The molecule has 212 valence electrons. The van der Waals surface area contributed by atoms with Crippen LogP contribution in [0.5, 0.6) is 0 Å². The molecule has 3 rings (SSSR count). The number of nitrogens with zero attached hydrogens (tertiary/aromatic N) is 2. The number of amides is 3. The molecule has 3 aliphatic rings. The molecule has 0 radical (unpaired) electrons. The van der Waals surface area contributed by atoms with Gasteiger partial charge in [-0.25, -0.2) is 0 Å². The highest BCUT2D eigenvalue weighted by Gasteiger charge is 2.75. The van der Waals surface area contributed by atoms with Crippen LogP contribution in [0.4, 0.5) is 0 Å². The van der Waals surface area contributed by atoms with Crippen molar-refractivity contribution in [1.82, 2.24) is 15.1 Å². The number of ether oxygens (including phenoxy) is 2. The highest BCUT2D eigenvalue weighted by Crippen LogP contribution is 2.58. The molecule has 10 heteroatoms. The smallest absolute Gasteiger partial charge is 0.312 e. The van der Waals surface area contributed by atoms with Crippen molar-refractivity contribution in [1.29, 1.82) is 0 Å². The van der Waals surface area contributed by atoms with Crippen molar-refractivity contribution in [3.8, 4) is 0 Å². The lowest BCUT2D eigenvalue weighted by atomic mass is 9.70. The molecule has 3 amide bonds. The van der Waals surface area contributed by atoms with Gasteiger partial charge in [0.05, 0.1) is 24.5 Å². The molecule has 0 aromatic rings. The number of allylic oxidation sites excluding steroid dienone is 1. The van der Waals surface area contributed by atoms with Crippen LogP contribution < -0.4 is 5.32 Å². The van der Waals surface area contributed by atoms with Gasteiger partial charge in [0.25, 0.3) is 0 Å². The van der Waals surface area contributed by atoms with Crippen LogP contribution in [-0.4, -0.2) is 95.2 Å². The molecule has 0 aromatic carbocycles. The van der Waals surface area contributed by atoms with Crippen LogP contribution >= 0.6 is 0 Å². The standard InChI is InChI=1S/C28H43N3O7/c1-5-8-11-21(33)29-18-19(4)37-27(36)22-20-12-13-28(38-20)23(22)25(34)31(16-10-17-32)24(28)26(35)30(14-7-3)15-9-6-2/h5,7,19-20,22-24,32H,1,3,6,8-18H2,2,4H3,(H,29,33)/t19-,20+,22-,23-,24+,28-/m1/s1. The van der Waals surface area contributed by atoms with E-state index in [-0.39, 0.29) is 37.4 Å². The molecule has 6 atom stereocenters. The summed E-state index contributed by atoms with van der Waals surface area (Å²) >= 11 is 0. The molecule has 2 N–H and O–H groups in total. The first-order valence-electron chi connectivity index (χ1n) is 13.8. The zero-order valence-corrected chi connectivity index (χ0v) is 22.7. The van der Waals surface area contributed by atoms with Gasteiger partial charge in [-0.05, 0) is 39.0 Å². The van der Waals surface area contributed by atoms with Crippen molar-refractivity contribution >= 4 is 23.7 Å². The lowest BCUT2D eigenvalue weighted by Crippen LogP contribution is -2.56. The van der Waals surface area contributed by atoms with E-state index in [1.54, 1.807) is 24.0 Å². The van der Waals surface area contributed by atoms with E-state index in [2.05, 4.69) is 18.5 Å². The average Bonchev–Trinajstić information content (AvgIpc) is 3.54. The Hall–Kier alpha value is -2.72. The quantitative estimate of drug-likeness (QED) is 0.228. The summed E-state index contributed by atoms with van der Waals surface area (Å²) in [5, 5.41) is 12.2. The zero-order valence-electron chi connectivity index (χ0n) is 22.7. The number of carbonyl (C=O) groups is 4. The molecule has 0 unspecified atom stereocenters. The second-order valence-electron chi connectivity index (χ2n) is 10.5. The molecule has 0 saturated carbocycles. The van der Waals surface area contributed by atoms with Gasteiger partial charge in [0.1, 0.15) is 17.7 Å². The van der Waals surface area contributed by atoms with Gasteiger partial charge in [0.2, 0.25) is 17.7 Å². The Morgan fingerprint density at radius 1 is 1.32 bits per heavy atom. The molecular formula is C28H43N3O7. The van der Waals surface area contributed by atoms with Crippen LogP contribution in [0.25, 0.3) is 0 Å². The molecule has 2 bridgehead atoms. The number of nitrogens with one attached hydrogen (secondary N) is 1. The first-order chi connectivity index (χ1) is 18.2. The van der Waals surface area contributed by atoms with Crippen LogP contribution in [0.2, 0.25) is 0 Å². The number of unbranched alkanes of at least 4 members (excludes halogenated alkanes) is 1. The fourth-order valence-electron chi connectivity index (χ4n) is 6.05. The topological polar surface area (TPSA) is 125 Å². The number of carbonyl (C=O) groups excluding carboxylic acids is 4. The summed E-state index contributed by atoms with van der Waals surface area (Å²) in [6.07, 6.45) is 6.17. The Kier molecular flexibility index (Phi) is 10.5. The Bertz CT molecular complexity index is 909. The maximum Gasteiger partial charge on any atom is 0.312 e. The minimum atomic E-state index is -1.11. The van der Waals surface area contributed by atoms with E-state index in [0.717, 1.165) is 12.8 Å². The van der Waals surface area contributed by atoms with E-state index in [9.17, 15) is 24.3 Å². The number of hydrogen-bond acceptors (Lipinski definition) is 7. The Labute approximate surface area is 225 Å². The predicted molar refractivity (Wildman–Crippen MR) is 141 cm³/mol. The highest BCUT2D eigenvalue weighted by molar-refractivity contribution is 5.98. The van der Waals surface area contributed by atoms with Gasteiger partial charge in [0.15, 0.2) is 0 Å². The van der Waals surface area contributed by atoms with Crippen LogP contribution in [0.3, 0.4) is 0 Å². The number of aliphatic hydroxyl groups excluding tert-OH is 1. The molecule has 3 aliphatic heterocycles. The third kappa shape index (κ3) is 5.96. The predicted octanol–water partition coefficient (Wildman–Crippen LogP) is 1.57. The molecule has 10 nitrogen and oxygen atoms in total. The number of rotatable bonds is 16. The van der Waals surface area contributed by atoms with Gasteiger partial charge in [0, 0.05) is 32.7 Å². The second-order valence-corrected chi connectivity index (χ2v) is 10.5. The van der Waals surface area contributed by atoms with Crippen molar-refractivity contribution in [2.45, 2.75) is 82.6 Å². The van der Waals surface area contributed by atoms with Crippen molar-refractivity contribution in [3.05, 3.63) is 25.3 Å². The van der Waals surface area contributed by atoms with Crippen molar-refractivity contribution in [3.63, 3.8) is 0 Å². The number of esters is 1. The maximum absolute atomic E-state index is 13.9. The lowest BCUT2D eigenvalue weighted by Gasteiger charge is -2.36. The van der Waals surface area contributed by atoms with Crippen LogP contribution in [-0.2, 0) is 28.7 Å². The summed E-state index contributed by atoms with van der Waals surface area (Å²) in [6, 6.07) is -0.868. The Morgan fingerprint density at radius 3 is 2.74 bits per heavy atom. The lowest BCUT2D eigenvalue weighted by molar-refractivity contribution is -0.159. The van der Waals surface area contributed by atoms with Crippen LogP contribution in [0.1, 0.15) is 58.8 Å². The normalized spacial score (nSPS) is 28.1. The zero-order chi connectivity index (χ0) is 27.9. The summed E-state index contributed by atoms with van der Waals surface area (Å²) in [7, 11) is 0. The summed E-state index contributed by atoms with van der Waals surface area (Å²) in [4.78, 5) is 56.2. The maximum atomic E-state index is 13.9. The third-order valence-electron chi connectivity index (χ3n) is 7.79. The summed E-state index contributed by atoms with van der Waals surface area (Å²) < 4.78 is 12.1. The van der Waals surface area contributed by atoms with E-state index in [4.69, 9.17) is 9.47 Å². The Morgan fingerprint density at radius 2 is 2.08 bits per heavy atom. The summed E-state index contributed by atoms with van der Waals surface area (Å²) in [5.41, 5.74) is -1.11. The largest absolute Gasteiger partial charge is 0.460 e. The van der Waals surface area contributed by atoms with E-state index in [0.29, 0.717) is 45.2 Å². The van der Waals surface area contributed by atoms with E-state index in [1.807, 2.05) is 6.92 Å². The van der Waals surface area contributed by atoms with Crippen molar-refractivity contribution < 1.29 is 33.8 Å². The number of hydrogen-bond donors (Lipinski definition) is 2. The minimum Gasteiger partial charge on any atom is -0.460 e. The summed E-state index contributed by atoms with van der Waals surface area (Å²) in [6.45, 7) is 12.2. The SMILES string of the molecule is C=CCCC(=O)NC[C@@H](C)OC(=O)[C@@H]1[C@@H]2CC[C@]3(O2)[C@H](C(=O)N(CC=C)CCCC)N(CCCO)C(=O)[C@@H]13. The van der Waals surface area contributed by atoms with Crippen LogP contribution in [0, 0.1) is 11.8 Å². The Balaban J connectivity index is 1.80. The van der Waals surface area contributed by atoms with Gasteiger partial charge >= 0.3 is 5.97 Å². The molecule has 1 spiro atoms. The van der Waals surface area contributed by atoms with E-state index < -0.39 is 41.7 Å². The van der Waals surface area contributed by atoms with Crippen LogP contribution in [0.15, 0.2) is 25.3 Å².